The second kappa shape index (κ2) is 5.68. The van der Waals surface area contributed by atoms with Crippen molar-refractivity contribution in [2.75, 3.05) is 17.9 Å². The first-order valence-electron chi connectivity index (χ1n) is 5.24. The van der Waals surface area contributed by atoms with E-state index in [0.717, 1.165) is 0 Å². The summed E-state index contributed by atoms with van der Waals surface area (Å²) in [6.45, 7) is 0. The molecule has 0 aliphatic heterocycles. The molecule has 2 aromatic rings. The summed E-state index contributed by atoms with van der Waals surface area (Å²) in [4.78, 5) is 7.84. The molecule has 0 atom stereocenters. The van der Waals surface area contributed by atoms with Crippen molar-refractivity contribution in [3.8, 4) is 5.75 Å². The maximum atomic E-state index is 13.7. The van der Waals surface area contributed by atoms with Crippen LogP contribution in [0.25, 0.3) is 0 Å². The van der Waals surface area contributed by atoms with Gasteiger partial charge in [-0.1, -0.05) is 17.7 Å². The number of hydrogen-bond donors (Lipinski definition) is 3. The molecule has 6 nitrogen and oxygen atoms in total. The van der Waals surface area contributed by atoms with E-state index < -0.39 is 5.82 Å². The van der Waals surface area contributed by atoms with Crippen molar-refractivity contribution in [2.24, 2.45) is 5.84 Å². The summed E-state index contributed by atoms with van der Waals surface area (Å²) in [5.41, 5.74) is 2.46. The van der Waals surface area contributed by atoms with Gasteiger partial charge in [0.2, 0.25) is 5.75 Å². The quantitative estimate of drug-likeness (QED) is 0.590. The van der Waals surface area contributed by atoms with Gasteiger partial charge in [-0.3, -0.25) is 0 Å². The van der Waals surface area contributed by atoms with Crippen molar-refractivity contribution in [1.82, 2.24) is 9.97 Å². The van der Waals surface area contributed by atoms with Gasteiger partial charge in [0.05, 0.1) is 17.8 Å². The summed E-state index contributed by atoms with van der Waals surface area (Å²) in [7, 11) is 1.42. The van der Waals surface area contributed by atoms with Gasteiger partial charge in [-0.2, -0.15) is 0 Å². The maximum absolute atomic E-state index is 13.7. The third-order valence-corrected chi connectivity index (χ3v) is 2.67. The van der Waals surface area contributed by atoms with E-state index in [2.05, 4.69) is 20.7 Å². The Morgan fingerprint density at radius 1 is 1.32 bits per heavy atom. The minimum absolute atomic E-state index is 0.101. The Hall–Kier alpha value is -2.12. The second-order valence-corrected chi connectivity index (χ2v) is 3.88. The number of nitrogens with one attached hydrogen (secondary N) is 2. The number of anilines is 3. The molecule has 2 rings (SSSR count). The highest BCUT2D eigenvalue weighted by Gasteiger charge is 2.14. The van der Waals surface area contributed by atoms with Gasteiger partial charge in [0.15, 0.2) is 11.6 Å². The fraction of sp³-hybridized carbons (Fsp3) is 0.0909. The summed E-state index contributed by atoms with van der Waals surface area (Å²) in [6.07, 6.45) is 1.26. The number of para-hydroxylation sites is 1. The van der Waals surface area contributed by atoms with Crippen molar-refractivity contribution in [2.45, 2.75) is 0 Å². The Morgan fingerprint density at radius 2 is 2.05 bits per heavy atom. The lowest BCUT2D eigenvalue weighted by Crippen LogP contribution is -2.11. The number of methoxy groups -OCH3 is 1. The van der Waals surface area contributed by atoms with Crippen LogP contribution in [0.2, 0.25) is 5.02 Å². The topological polar surface area (TPSA) is 85.1 Å². The molecule has 100 valence electrons. The van der Waals surface area contributed by atoms with E-state index in [4.69, 9.17) is 22.2 Å². The molecule has 0 spiro atoms. The Kier molecular flexibility index (Phi) is 3.98. The molecule has 0 aliphatic carbocycles. The fourth-order valence-corrected chi connectivity index (χ4v) is 1.70. The van der Waals surface area contributed by atoms with Gasteiger partial charge in [-0.25, -0.2) is 20.2 Å². The molecule has 0 amide bonds. The average molecular weight is 284 g/mol. The summed E-state index contributed by atoms with van der Waals surface area (Å²) < 4.78 is 18.8. The molecule has 0 saturated carbocycles. The van der Waals surface area contributed by atoms with E-state index in [1.54, 1.807) is 6.07 Å². The normalized spacial score (nSPS) is 10.1. The van der Waals surface area contributed by atoms with E-state index in [-0.39, 0.29) is 28.1 Å². The van der Waals surface area contributed by atoms with E-state index in [1.165, 1.54) is 25.6 Å². The number of nitrogens with zero attached hydrogens (tertiary/aromatic N) is 2. The molecule has 1 aromatic heterocycles. The molecule has 1 heterocycles. The van der Waals surface area contributed by atoms with Crippen LogP contribution in [0.1, 0.15) is 0 Å². The second-order valence-electron chi connectivity index (χ2n) is 3.47. The number of nitrogen functional groups attached to an aromatic ring is 1. The number of aromatic nitrogens is 2. The SMILES string of the molecule is COc1c(NN)ncnc1Nc1c(F)cccc1Cl. The van der Waals surface area contributed by atoms with Crippen LogP contribution in [0, 0.1) is 5.82 Å². The van der Waals surface area contributed by atoms with Crippen molar-refractivity contribution in [3.05, 3.63) is 35.4 Å². The first-order chi connectivity index (χ1) is 9.17. The Bertz CT molecular complexity index is 575. The molecule has 0 fully saturated rings. The average Bonchev–Trinajstić information content (AvgIpc) is 2.42. The van der Waals surface area contributed by atoms with E-state index in [1.807, 2.05) is 0 Å². The third kappa shape index (κ3) is 2.67. The van der Waals surface area contributed by atoms with Gasteiger partial charge in [0.25, 0.3) is 0 Å². The van der Waals surface area contributed by atoms with Crippen LogP contribution in [0.5, 0.6) is 5.75 Å². The zero-order chi connectivity index (χ0) is 13.8. The van der Waals surface area contributed by atoms with Gasteiger partial charge < -0.3 is 15.5 Å². The molecule has 19 heavy (non-hydrogen) atoms. The van der Waals surface area contributed by atoms with Gasteiger partial charge in [-0.05, 0) is 12.1 Å². The monoisotopic (exact) mass is 283 g/mol. The Balaban J connectivity index is 2.44. The summed E-state index contributed by atoms with van der Waals surface area (Å²) >= 11 is 5.92. The standard InChI is InChI=1S/C11H11ClFN5O/c1-19-9-10(15-5-16-11(9)18-14)17-8-6(12)3-2-4-7(8)13/h2-5H,14H2,1H3,(H2,15,16,17,18). The number of nitrogens with two attached hydrogens (primary N) is 1. The van der Waals surface area contributed by atoms with Gasteiger partial charge in [0.1, 0.15) is 12.1 Å². The van der Waals surface area contributed by atoms with Crippen molar-refractivity contribution in [1.29, 1.82) is 0 Å². The van der Waals surface area contributed by atoms with E-state index in [9.17, 15) is 4.39 Å². The van der Waals surface area contributed by atoms with E-state index >= 15 is 0 Å². The van der Waals surface area contributed by atoms with Crippen LogP contribution in [-0.4, -0.2) is 17.1 Å². The first-order valence-corrected chi connectivity index (χ1v) is 5.61. The minimum atomic E-state index is -0.504. The highest BCUT2D eigenvalue weighted by molar-refractivity contribution is 6.33. The predicted octanol–water partition coefficient (Wildman–Crippen LogP) is 2.31. The van der Waals surface area contributed by atoms with Crippen LogP contribution in [0.3, 0.4) is 0 Å². The minimum Gasteiger partial charge on any atom is -0.490 e. The lowest BCUT2D eigenvalue weighted by atomic mass is 10.3. The molecule has 0 radical (unpaired) electrons. The summed E-state index contributed by atoms with van der Waals surface area (Å²) in [5, 5.41) is 2.98. The lowest BCUT2D eigenvalue weighted by Gasteiger charge is -2.13. The molecule has 4 N–H and O–H groups in total. The van der Waals surface area contributed by atoms with Crippen molar-refractivity contribution in [3.63, 3.8) is 0 Å². The van der Waals surface area contributed by atoms with Crippen LogP contribution < -0.4 is 21.3 Å². The molecular weight excluding hydrogens is 273 g/mol. The van der Waals surface area contributed by atoms with E-state index in [0.29, 0.717) is 0 Å². The number of hydrogen-bond acceptors (Lipinski definition) is 6. The lowest BCUT2D eigenvalue weighted by molar-refractivity contribution is 0.415. The zero-order valence-corrected chi connectivity index (χ0v) is 10.7. The van der Waals surface area contributed by atoms with Crippen molar-refractivity contribution >= 4 is 28.9 Å². The molecule has 8 heteroatoms. The number of benzene rings is 1. The molecule has 0 aliphatic rings. The zero-order valence-electron chi connectivity index (χ0n) is 9.95. The Labute approximate surface area is 113 Å². The number of halogens is 2. The highest BCUT2D eigenvalue weighted by Crippen LogP contribution is 2.34. The van der Waals surface area contributed by atoms with Gasteiger partial charge in [-0.15, -0.1) is 0 Å². The molecule has 0 bridgehead atoms. The van der Waals surface area contributed by atoms with Crippen LogP contribution in [0.4, 0.5) is 21.7 Å². The molecule has 1 aromatic carbocycles. The smallest absolute Gasteiger partial charge is 0.205 e. The molecular formula is C11H11ClFN5O. The molecule has 0 saturated heterocycles. The van der Waals surface area contributed by atoms with Gasteiger partial charge in [0, 0.05) is 0 Å². The first kappa shape index (κ1) is 13.3. The largest absolute Gasteiger partial charge is 0.490 e. The third-order valence-electron chi connectivity index (χ3n) is 2.35. The maximum Gasteiger partial charge on any atom is 0.205 e. The number of hydrazine groups is 1. The molecule has 0 unspecified atom stereocenters. The predicted molar refractivity (Wildman–Crippen MR) is 71.1 cm³/mol. The number of rotatable bonds is 4. The Morgan fingerprint density at radius 3 is 2.68 bits per heavy atom. The summed E-state index contributed by atoms with van der Waals surface area (Å²) in [5.74, 6) is 5.57. The van der Waals surface area contributed by atoms with Crippen LogP contribution >= 0.6 is 11.6 Å². The number of ether oxygens (including phenoxy) is 1. The van der Waals surface area contributed by atoms with Gasteiger partial charge >= 0.3 is 0 Å². The van der Waals surface area contributed by atoms with Crippen LogP contribution in [-0.2, 0) is 0 Å². The van der Waals surface area contributed by atoms with Crippen LogP contribution in [0.15, 0.2) is 24.5 Å². The van der Waals surface area contributed by atoms with Crippen molar-refractivity contribution < 1.29 is 9.13 Å². The fourth-order valence-electron chi connectivity index (χ4n) is 1.49. The highest BCUT2D eigenvalue weighted by atomic mass is 35.5. The summed E-state index contributed by atoms with van der Waals surface area (Å²) in [6, 6.07) is 4.35.